The number of hydrogen-bond acceptors (Lipinski definition) is 8. The van der Waals surface area contributed by atoms with Gasteiger partial charge in [0.25, 0.3) is 0 Å². The maximum Gasteiger partial charge on any atom is 0.331 e. The van der Waals surface area contributed by atoms with Crippen LogP contribution in [0.1, 0.15) is 310 Å². The molecule has 0 bridgehead atoms. The van der Waals surface area contributed by atoms with Crippen molar-refractivity contribution in [1.82, 2.24) is 0 Å². The molecule has 0 aromatic rings. The van der Waals surface area contributed by atoms with Gasteiger partial charge >= 0.3 is 23.9 Å². The Morgan fingerprint density at radius 3 is 0.456 bits per heavy atom. The molecule has 8 heteroatoms. The Morgan fingerprint density at radius 1 is 0.206 bits per heavy atom. The van der Waals surface area contributed by atoms with Crippen LogP contribution in [-0.2, 0) is 38.1 Å². The molecule has 0 aliphatic heterocycles. The van der Waals surface area contributed by atoms with Gasteiger partial charge in [0.2, 0.25) is 0 Å². The minimum atomic E-state index is -0.460. The average Bonchev–Trinajstić information content (AvgIpc) is 3.34. The highest BCUT2D eigenvalue weighted by Crippen LogP contribution is 2.15. The molecular weight excluding hydrogens is 849 g/mol. The second-order valence-corrected chi connectivity index (χ2v) is 19.5. The van der Waals surface area contributed by atoms with Gasteiger partial charge in [-0.15, -0.1) is 0 Å². The molecule has 0 radical (unpaired) electrons. The highest BCUT2D eigenvalue weighted by Gasteiger charge is 2.04. The highest BCUT2D eigenvalue weighted by atomic mass is 16.5. The Labute approximate surface area is 421 Å². The van der Waals surface area contributed by atoms with Crippen LogP contribution in [0.15, 0.2) is 24.3 Å². The molecule has 0 fully saturated rings. The highest BCUT2D eigenvalue weighted by molar-refractivity contribution is 5.92. The van der Waals surface area contributed by atoms with E-state index >= 15 is 0 Å². The molecule has 0 rings (SSSR count). The van der Waals surface area contributed by atoms with E-state index in [2.05, 4.69) is 27.7 Å². The van der Waals surface area contributed by atoms with Crippen LogP contribution in [0, 0.1) is 0 Å². The van der Waals surface area contributed by atoms with Crippen molar-refractivity contribution in [1.29, 1.82) is 0 Å². The first-order valence-corrected chi connectivity index (χ1v) is 29.4. The summed E-state index contributed by atoms with van der Waals surface area (Å²) in [6.07, 6.45) is 60.4. The third-order valence-corrected chi connectivity index (χ3v) is 12.7. The maximum atomic E-state index is 11.7. The molecule has 0 N–H and O–H groups in total. The lowest BCUT2D eigenvalue weighted by atomic mass is 10.1. The van der Waals surface area contributed by atoms with E-state index in [1.54, 1.807) is 0 Å². The van der Waals surface area contributed by atoms with Gasteiger partial charge in [-0.05, 0) is 25.7 Å². The van der Waals surface area contributed by atoms with Gasteiger partial charge in [0, 0.05) is 24.3 Å². The number of hydrogen-bond donors (Lipinski definition) is 0. The molecule has 0 aliphatic rings. The smallest absolute Gasteiger partial charge is 0.331 e. The van der Waals surface area contributed by atoms with E-state index in [-0.39, 0.29) is 0 Å². The summed E-state index contributed by atoms with van der Waals surface area (Å²) in [5.41, 5.74) is 0. The van der Waals surface area contributed by atoms with Crippen LogP contribution in [0.3, 0.4) is 0 Å². The lowest BCUT2D eigenvalue weighted by molar-refractivity contribution is -0.140. The van der Waals surface area contributed by atoms with Crippen molar-refractivity contribution in [2.24, 2.45) is 0 Å². The zero-order valence-electron chi connectivity index (χ0n) is 45.5. The monoisotopic (exact) mass is 961 g/mol. The summed E-state index contributed by atoms with van der Waals surface area (Å²) in [5, 5.41) is 0. The number of rotatable bonds is 52. The average molecular weight is 962 g/mol. The van der Waals surface area contributed by atoms with Gasteiger partial charge in [-0.3, -0.25) is 0 Å². The van der Waals surface area contributed by atoms with Gasteiger partial charge in [-0.2, -0.15) is 0 Å². The van der Waals surface area contributed by atoms with Crippen molar-refractivity contribution in [3.05, 3.63) is 24.3 Å². The van der Waals surface area contributed by atoms with E-state index in [1.807, 2.05) is 0 Å². The molecule has 68 heavy (non-hydrogen) atoms. The summed E-state index contributed by atoms with van der Waals surface area (Å²) in [5.74, 6) is -1.84. The third-order valence-electron chi connectivity index (χ3n) is 12.7. The zero-order chi connectivity index (χ0) is 49.9. The van der Waals surface area contributed by atoms with Crippen LogP contribution in [-0.4, -0.2) is 50.3 Å². The van der Waals surface area contributed by atoms with Gasteiger partial charge in [0.1, 0.15) is 0 Å². The van der Waals surface area contributed by atoms with Crippen LogP contribution in [0.5, 0.6) is 0 Å². The molecule has 0 aromatic carbocycles. The largest absolute Gasteiger partial charge is 0.463 e. The van der Waals surface area contributed by atoms with Crippen LogP contribution < -0.4 is 0 Å². The summed E-state index contributed by atoms with van der Waals surface area (Å²) in [7, 11) is 0. The SMILES string of the molecule is CCCCCCCCCCCCCOC(=O)/C=C/C(=O)OCCCCCCCCCCCCC.CCCCCCCCCCCCCOC(=O)/C=C\C(=O)OCCCCCCCCCCCCC. The summed E-state index contributed by atoms with van der Waals surface area (Å²) in [6.45, 7) is 10.7. The van der Waals surface area contributed by atoms with E-state index in [1.165, 1.54) is 255 Å². The van der Waals surface area contributed by atoms with Crippen LogP contribution in [0.4, 0.5) is 0 Å². The maximum absolute atomic E-state index is 11.7. The predicted molar refractivity (Wildman–Crippen MR) is 288 cm³/mol. The van der Waals surface area contributed by atoms with Crippen LogP contribution in [0.25, 0.3) is 0 Å². The molecule has 0 aromatic heterocycles. The van der Waals surface area contributed by atoms with Crippen molar-refractivity contribution in [2.45, 2.75) is 310 Å². The van der Waals surface area contributed by atoms with E-state index < -0.39 is 23.9 Å². The standard InChI is InChI=1S/2C30H56O4/c2*1-3-5-7-9-11-13-15-17-19-21-23-27-33-29(31)25-26-30(32)34-28-24-22-20-18-16-14-12-10-8-6-4-2/h2*25-26H,3-24,27-28H2,1-2H3/b26-25+;26-25-. The summed E-state index contributed by atoms with van der Waals surface area (Å²) >= 11 is 0. The fourth-order valence-corrected chi connectivity index (χ4v) is 8.22. The van der Waals surface area contributed by atoms with Gasteiger partial charge in [-0.25, -0.2) is 19.2 Å². The number of carbonyl (C=O) groups is 4. The second-order valence-electron chi connectivity index (χ2n) is 19.5. The fourth-order valence-electron chi connectivity index (χ4n) is 8.22. The van der Waals surface area contributed by atoms with Crippen molar-refractivity contribution in [3.8, 4) is 0 Å². The molecule has 0 amide bonds. The first kappa shape index (κ1) is 67.4. The Hall–Kier alpha value is -2.64. The van der Waals surface area contributed by atoms with Crippen molar-refractivity contribution in [3.63, 3.8) is 0 Å². The minimum Gasteiger partial charge on any atom is -0.463 e. The molecule has 400 valence electrons. The predicted octanol–water partition coefficient (Wildman–Crippen LogP) is 18.5. The first-order chi connectivity index (χ1) is 33.4. The number of esters is 4. The molecule has 0 saturated carbocycles. The fraction of sp³-hybridized carbons (Fsp3) is 0.867. The molecule has 8 nitrogen and oxygen atoms in total. The summed E-state index contributed by atoms with van der Waals surface area (Å²) < 4.78 is 20.6. The third kappa shape index (κ3) is 61.4. The molecule has 0 saturated heterocycles. The first-order valence-electron chi connectivity index (χ1n) is 29.4. The van der Waals surface area contributed by atoms with Crippen LogP contribution >= 0.6 is 0 Å². The van der Waals surface area contributed by atoms with Crippen LogP contribution in [0.2, 0.25) is 0 Å². The summed E-state index contributed by atoms with van der Waals surface area (Å²) in [6, 6.07) is 0. The Kier molecular flexibility index (Phi) is 60.0. The number of unbranched alkanes of at least 4 members (excludes halogenated alkanes) is 40. The van der Waals surface area contributed by atoms with E-state index in [4.69, 9.17) is 18.9 Å². The zero-order valence-corrected chi connectivity index (χ0v) is 45.5. The summed E-state index contributed by atoms with van der Waals surface area (Å²) in [4.78, 5) is 46.8. The molecule has 0 heterocycles. The van der Waals surface area contributed by atoms with E-state index in [9.17, 15) is 19.2 Å². The van der Waals surface area contributed by atoms with E-state index in [0.29, 0.717) is 26.4 Å². The lowest BCUT2D eigenvalue weighted by Gasteiger charge is -2.04. The minimum absolute atomic E-state index is 0.425. The molecular formula is C60H112O8. The number of carbonyl (C=O) groups excluding carboxylic acids is 4. The van der Waals surface area contributed by atoms with Crippen molar-refractivity contribution in [2.75, 3.05) is 26.4 Å². The van der Waals surface area contributed by atoms with Gasteiger partial charge in [0.15, 0.2) is 0 Å². The van der Waals surface area contributed by atoms with Crippen molar-refractivity contribution < 1.29 is 38.1 Å². The Bertz CT molecular complexity index is 947. The van der Waals surface area contributed by atoms with Gasteiger partial charge in [0.05, 0.1) is 26.4 Å². The molecule has 0 aliphatic carbocycles. The topological polar surface area (TPSA) is 105 Å². The van der Waals surface area contributed by atoms with Crippen molar-refractivity contribution >= 4 is 23.9 Å². The Balaban J connectivity index is 0. The molecule has 0 unspecified atom stereocenters. The lowest BCUT2D eigenvalue weighted by Crippen LogP contribution is -2.06. The number of ether oxygens (including phenoxy) is 4. The molecule has 0 atom stereocenters. The quantitative estimate of drug-likeness (QED) is 0.0257. The second kappa shape index (κ2) is 60.5. The molecule has 0 spiro atoms. The normalized spacial score (nSPS) is 11.2. The Morgan fingerprint density at radius 2 is 0.324 bits per heavy atom. The van der Waals surface area contributed by atoms with Gasteiger partial charge in [-0.1, -0.05) is 285 Å². The van der Waals surface area contributed by atoms with Gasteiger partial charge < -0.3 is 18.9 Å². The van der Waals surface area contributed by atoms with E-state index in [0.717, 1.165) is 51.4 Å².